The molecule has 0 spiro atoms. The normalized spacial score (nSPS) is 26.4. The van der Waals surface area contributed by atoms with Gasteiger partial charge in [0, 0.05) is 54.7 Å². The summed E-state index contributed by atoms with van der Waals surface area (Å²) in [6.07, 6.45) is 9.02. The molecule has 2 bridgehead atoms. The minimum absolute atomic E-state index is 0.000967. The number of fused-ring (bicyclic) bond motifs is 6. The third-order valence-electron chi connectivity index (χ3n) is 9.53. The molecule has 43 heavy (non-hydrogen) atoms. The van der Waals surface area contributed by atoms with E-state index < -0.39 is 17.5 Å². The van der Waals surface area contributed by atoms with E-state index in [0.717, 1.165) is 38.8 Å². The van der Waals surface area contributed by atoms with Gasteiger partial charge in [0.25, 0.3) is 0 Å². The standard InChI is InChI=1S/C33H29F2N7O/c1-2-19-5-3-6-20-13-24(43)14-25(27(19)20)29-28(35)30-31(40-39-29)32(42-18-22-7-8-23(42)16-36-22)38-26(37-30)9-11-33-10-4-12-41(33)17-21(34)15-33/h1,3,5-6,13-14,21-23,36,43H,4,7-8,10,12,15-18H2/t21-,22-,23-,33-/m1/s1. The van der Waals surface area contributed by atoms with Gasteiger partial charge in [-0.2, -0.15) is 0 Å². The van der Waals surface area contributed by atoms with Crippen LogP contribution in [-0.4, -0.2) is 80.1 Å². The number of halogens is 2. The molecule has 0 saturated carbocycles. The summed E-state index contributed by atoms with van der Waals surface area (Å²) in [6.45, 7) is 2.70. The average Bonchev–Trinajstić information content (AvgIpc) is 3.55. The first-order chi connectivity index (χ1) is 20.9. The van der Waals surface area contributed by atoms with Crippen molar-refractivity contribution < 1.29 is 13.9 Å². The maximum atomic E-state index is 16.7. The van der Waals surface area contributed by atoms with Gasteiger partial charge in [-0.25, -0.2) is 18.7 Å². The zero-order valence-electron chi connectivity index (χ0n) is 23.4. The van der Waals surface area contributed by atoms with Gasteiger partial charge in [0.1, 0.15) is 23.1 Å². The van der Waals surface area contributed by atoms with Crippen molar-refractivity contribution in [2.75, 3.05) is 31.1 Å². The van der Waals surface area contributed by atoms with E-state index in [1.807, 2.05) is 0 Å². The van der Waals surface area contributed by atoms with Crippen molar-refractivity contribution in [2.45, 2.75) is 55.9 Å². The van der Waals surface area contributed by atoms with Crippen molar-refractivity contribution in [3.05, 3.63) is 47.5 Å². The van der Waals surface area contributed by atoms with Crippen molar-refractivity contribution in [2.24, 2.45) is 0 Å². The Morgan fingerprint density at radius 3 is 2.81 bits per heavy atom. The van der Waals surface area contributed by atoms with E-state index >= 15 is 4.39 Å². The third kappa shape index (κ3) is 4.20. The fourth-order valence-corrected chi connectivity index (χ4v) is 7.53. The summed E-state index contributed by atoms with van der Waals surface area (Å²) in [7, 11) is 0. The summed E-state index contributed by atoms with van der Waals surface area (Å²) in [6, 6.07) is 8.85. The monoisotopic (exact) mass is 577 g/mol. The number of nitrogens with one attached hydrogen (secondary N) is 1. The van der Waals surface area contributed by atoms with E-state index in [1.165, 1.54) is 6.07 Å². The molecular weight excluding hydrogens is 548 g/mol. The Bertz CT molecular complexity index is 1910. The van der Waals surface area contributed by atoms with Crippen molar-refractivity contribution in [1.29, 1.82) is 0 Å². The summed E-state index contributed by atoms with van der Waals surface area (Å²) < 4.78 is 31.1. The molecule has 4 aromatic rings. The molecule has 5 aliphatic heterocycles. The van der Waals surface area contributed by atoms with Crippen LogP contribution < -0.4 is 10.2 Å². The molecule has 5 saturated heterocycles. The minimum atomic E-state index is -0.917. The number of phenols is 1. The number of terminal acetylenes is 1. The summed E-state index contributed by atoms with van der Waals surface area (Å²) in [5, 5.41) is 24.1. The van der Waals surface area contributed by atoms with Gasteiger partial charge in [0.2, 0.25) is 5.82 Å². The molecule has 8 nitrogen and oxygen atoms in total. The number of anilines is 1. The molecule has 0 amide bonds. The van der Waals surface area contributed by atoms with Gasteiger partial charge in [0.15, 0.2) is 17.2 Å². The zero-order chi connectivity index (χ0) is 29.3. The van der Waals surface area contributed by atoms with E-state index in [2.05, 4.69) is 48.1 Å². The van der Waals surface area contributed by atoms with E-state index in [-0.39, 0.29) is 34.3 Å². The van der Waals surface area contributed by atoms with Crippen molar-refractivity contribution in [3.8, 4) is 41.2 Å². The molecule has 2 N–H and O–H groups in total. The summed E-state index contributed by atoms with van der Waals surface area (Å²) in [4.78, 5) is 13.7. The summed E-state index contributed by atoms with van der Waals surface area (Å²) in [5.74, 6) is 9.03. The Morgan fingerprint density at radius 2 is 2.02 bits per heavy atom. The number of benzene rings is 2. The van der Waals surface area contributed by atoms with Crippen LogP contribution in [0.1, 0.15) is 43.5 Å². The van der Waals surface area contributed by atoms with Crippen molar-refractivity contribution >= 4 is 27.6 Å². The van der Waals surface area contributed by atoms with Crippen LogP contribution in [-0.2, 0) is 0 Å². The van der Waals surface area contributed by atoms with Gasteiger partial charge in [0.05, 0.1) is 5.54 Å². The predicted molar refractivity (Wildman–Crippen MR) is 160 cm³/mol. The fraction of sp³-hybridized carbons (Fsp3) is 0.394. The van der Waals surface area contributed by atoms with Gasteiger partial charge >= 0.3 is 0 Å². The number of nitrogens with zero attached hydrogens (tertiary/aromatic N) is 6. The van der Waals surface area contributed by atoms with Gasteiger partial charge in [-0.05, 0) is 61.7 Å². The van der Waals surface area contributed by atoms with Crippen LogP contribution >= 0.6 is 0 Å². The van der Waals surface area contributed by atoms with E-state index in [1.54, 1.807) is 24.3 Å². The summed E-state index contributed by atoms with van der Waals surface area (Å²) >= 11 is 0. The lowest BCUT2D eigenvalue weighted by molar-refractivity contribution is 0.255. The molecule has 0 unspecified atom stereocenters. The lowest BCUT2D eigenvalue weighted by Crippen LogP contribution is -2.61. The molecule has 2 aromatic carbocycles. The van der Waals surface area contributed by atoms with Crippen LogP contribution in [0.25, 0.3) is 33.1 Å². The van der Waals surface area contributed by atoms with Gasteiger partial charge in [-0.15, -0.1) is 16.6 Å². The second-order valence-corrected chi connectivity index (χ2v) is 12.1. The Kier molecular flexibility index (Phi) is 6.01. The molecule has 4 atom stereocenters. The maximum Gasteiger partial charge on any atom is 0.207 e. The first-order valence-corrected chi connectivity index (χ1v) is 14.8. The first-order valence-electron chi connectivity index (χ1n) is 14.8. The maximum absolute atomic E-state index is 16.7. The molecule has 9 rings (SSSR count). The molecule has 5 fully saturated rings. The highest BCUT2D eigenvalue weighted by Crippen LogP contribution is 2.40. The van der Waals surface area contributed by atoms with Crippen LogP contribution in [0.5, 0.6) is 5.75 Å². The van der Waals surface area contributed by atoms with Crippen LogP contribution in [0.4, 0.5) is 14.6 Å². The molecule has 5 aliphatic rings. The number of aromatic nitrogens is 4. The minimum Gasteiger partial charge on any atom is -0.508 e. The molecule has 216 valence electrons. The van der Waals surface area contributed by atoms with E-state index in [0.29, 0.717) is 53.3 Å². The Hall–Kier alpha value is -4.38. The Morgan fingerprint density at radius 1 is 1.12 bits per heavy atom. The first kappa shape index (κ1) is 26.3. The molecule has 10 heteroatoms. The van der Waals surface area contributed by atoms with Gasteiger partial charge < -0.3 is 15.3 Å². The predicted octanol–water partition coefficient (Wildman–Crippen LogP) is 3.93. The Labute approximate surface area is 247 Å². The lowest BCUT2D eigenvalue weighted by Gasteiger charge is -2.46. The highest BCUT2D eigenvalue weighted by atomic mass is 19.1. The Balaban J connectivity index is 1.33. The number of rotatable bonds is 2. The highest BCUT2D eigenvalue weighted by Gasteiger charge is 2.47. The smallest absolute Gasteiger partial charge is 0.207 e. The second kappa shape index (κ2) is 9.84. The number of piperazine rings is 1. The topological polar surface area (TPSA) is 90.3 Å². The van der Waals surface area contributed by atoms with E-state index in [9.17, 15) is 9.50 Å². The van der Waals surface area contributed by atoms with E-state index in [4.69, 9.17) is 11.4 Å². The van der Waals surface area contributed by atoms with Crippen LogP contribution in [0.15, 0.2) is 30.3 Å². The van der Waals surface area contributed by atoms with Crippen LogP contribution in [0, 0.1) is 30.0 Å². The SMILES string of the molecule is C#Cc1cccc2cc(O)cc(-c3nnc4c(N5C[C@H]6CC[C@@H]5CN6)nc(C#C[C@@]56CCCN5C[C@H](F)C6)nc4c3F)c12. The average molecular weight is 578 g/mol. The number of aromatic hydroxyl groups is 1. The largest absolute Gasteiger partial charge is 0.508 e. The summed E-state index contributed by atoms with van der Waals surface area (Å²) in [5.41, 5.74) is 0.509. The van der Waals surface area contributed by atoms with Gasteiger partial charge in [-0.3, -0.25) is 4.90 Å². The number of phenolic OH excluding ortho intramolecular Hbond substituents is 1. The highest BCUT2D eigenvalue weighted by molar-refractivity contribution is 6.02. The lowest BCUT2D eigenvalue weighted by atomic mass is 9.93. The zero-order valence-corrected chi connectivity index (χ0v) is 23.4. The molecule has 0 aliphatic carbocycles. The number of hydrogen-bond donors (Lipinski definition) is 2. The third-order valence-corrected chi connectivity index (χ3v) is 9.53. The molecular formula is C33H29F2N7O. The number of hydrogen-bond acceptors (Lipinski definition) is 8. The van der Waals surface area contributed by atoms with Crippen LogP contribution in [0.3, 0.4) is 0 Å². The van der Waals surface area contributed by atoms with Crippen molar-refractivity contribution in [1.82, 2.24) is 30.4 Å². The van der Waals surface area contributed by atoms with Crippen molar-refractivity contribution in [3.63, 3.8) is 0 Å². The number of piperidine rings is 2. The second-order valence-electron chi connectivity index (χ2n) is 12.1. The molecule has 2 aromatic heterocycles. The molecule has 7 heterocycles. The quantitative estimate of drug-likeness (QED) is 0.347. The van der Waals surface area contributed by atoms with Crippen LogP contribution in [0.2, 0.25) is 0 Å². The fourth-order valence-electron chi connectivity index (χ4n) is 7.53. The van der Waals surface area contributed by atoms with Gasteiger partial charge in [-0.1, -0.05) is 24.0 Å². The molecule has 0 radical (unpaired) electrons. The number of alkyl halides is 1.